The first-order valence-electron chi connectivity index (χ1n) is 7.57. The van der Waals surface area contributed by atoms with Gasteiger partial charge in [-0.15, -0.1) is 0 Å². The Labute approximate surface area is 122 Å². The van der Waals surface area contributed by atoms with E-state index in [0.717, 1.165) is 24.9 Å². The molecule has 0 fully saturated rings. The lowest BCUT2D eigenvalue weighted by molar-refractivity contribution is -0.133. The predicted molar refractivity (Wildman–Crippen MR) is 82.8 cm³/mol. The third kappa shape index (κ3) is 5.64. The van der Waals surface area contributed by atoms with E-state index in [9.17, 15) is 9.90 Å². The molecular formula is C17H27NO2. The average Bonchev–Trinajstić information content (AvgIpc) is 2.45. The highest BCUT2D eigenvalue weighted by Gasteiger charge is 2.17. The van der Waals surface area contributed by atoms with E-state index >= 15 is 0 Å². The molecule has 3 nitrogen and oxygen atoms in total. The van der Waals surface area contributed by atoms with Crippen molar-refractivity contribution >= 4 is 5.91 Å². The number of carbonyl (C=O) groups excluding carboxylic acids is 1. The SMILES string of the molecule is CCCCCCN(C)C(=O)C(C)Cc1ccc(O)cc1. The molecule has 1 N–H and O–H groups in total. The maximum Gasteiger partial charge on any atom is 0.225 e. The van der Waals surface area contributed by atoms with Crippen LogP contribution in [0.15, 0.2) is 24.3 Å². The number of nitrogens with zero attached hydrogens (tertiary/aromatic N) is 1. The highest BCUT2D eigenvalue weighted by atomic mass is 16.3. The van der Waals surface area contributed by atoms with Crippen molar-refractivity contribution in [2.24, 2.45) is 5.92 Å². The van der Waals surface area contributed by atoms with Gasteiger partial charge < -0.3 is 10.0 Å². The normalized spacial score (nSPS) is 12.2. The van der Waals surface area contributed by atoms with Gasteiger partial charge in [0.05, 0.1) is 0 Å². The maximum atomic E-state index is 12.3. The van der Waals surface area contributed by atoms with Crippen molar-refractivity contribution in [2.45, 2.75) is 46.0 Å². The molecule has 0 saturated carbocycles. The molecule has 3 heteroatoms. The number of carbonyl (C=O) groups is 1. The Bertz CT molecular complexity index is 400. The summed E-state index contributed by atoms with van der Waals surface area (Å²) >= 11 is 0. The van der Waals surface area contributed by atoms with Crippen LogP contribution in [-0.2, 0) is 11.2 Å². The number of hydrogen-bond donors (Lipinski definition) is 1. The van der Waals surface area contributed by atoms with E-state index in [1.165, 1.54) is 19.3 Å². The number of amides is 1. The maximum absolute atomic E-state index is 12.3. The lowest BCUT2D eigenvalue weighted by Crippen LogP contribution is -2.33. The molecule has 0 aliphatic heterocycles. The third-order valence-corrected chi connectivity index (χ3v) is 3.62. The summed E-state index contributed by atoms with van der Waals surface area (Å²) in [7, 11) is 1.89. The molecule has 1 rings (SSSR count). The summed E-state index contributed by atoms with van der Waals surface area (Å²) < 4.78 is 0. The first-order valence-corrected chi connectivity index (χ1v) is 7.57. The van der Waals surface area contributed by atoms with Gasteiger partial charge in [0.15, 0.2) is 0 Å². The van der Waals surface area contributed by atoms with Gasteiger partial charge in [-0.1, -0.05) is 45.2 Å². The smallest absolute Gasteiger partial charge is 0.225 e. The number of aromatic hydroxyl groups is 1. The molecule has 1 unspecified atom stereocenters. The number of rotatable bonds is 8. The summed E-state index contributed by atoms with van der Waals surface area (Å²) in [6.07, 6.45) is 5.46. The summed E-state index contributed by atoms with van der Waals surface area (Å²) in [5.74, 6) is 0.450. The Morgan fingerprint density at radius 3 is 2.45 bits per heavy atom. The molecule has 0 bridgehead atoms. The summed E-state index contributed by atoms with van der Waals surface area (Å²) in [4.78, 5) is 14.1. The zero-order valence-electron chi connectivity index (χ0n) is 12.9. The molecule has 20 heavy (non-hydrogen) atoms. The van der Waals surface area contributed by atoms with Gasteiger partial charge in [0.1, 0.15) is 5.75 Å². The quantitative estimate of drug-likeness (QED) is 0.737. The van der Waals surface area contributed by atoms with Crippen LogP contribution < -0.4 is 0 Å². The van der Waals surface area contributed by atoms with Gasteiger partial charge in [0.2, 0.25) is 5.91 Å². The van der Waals surface area contributed by atoms with Crippen molar-refractivity contribution in [1.29, 1.82) is 0 Å². The molecule has 0 saturated heterocycles. The van der Waals surface area contributed by atoms with Gasteiger partial charge in [-0.05, 0) is 30.5 Å². The van der Waals surface area contributed by atoms with Crippen LogP contribution in [0, 0.1) is 5.92 Å². The number of phenolic OH excluding ortho intramolecular Hbond substituents is 1. The van der Waals surface area contributed by atoms with E-state index in [1.54, 1.807) is 12.1 Å². The molecule has 0 aliphatic rings. The van der Waals surface area contributed by atoms with Crippen LogP contribution in [0.2, 0.25) is 0 Å². The van der Waals surface area contributed by atoms with Crippen molar-refractivity contribution in [3.63, 3.8) is 0 Å². The molecule has 0 spiro atoms. The molecule has 0 aliphatic carbocycles. The van der Waals surface area contributed by atoms with Crippen molar-refractivity contribution in [3.8, 4) is 5.75 Å². The van der Waals surface area contributed by atoms with Crippen LogP contribution in [0.5, 0.6) is 5.75 Å². The Morgan fingerprint density at radius 2 is 1.85 bits per heavy atom. The monoisotopic (exact) mass is 277 g/mol. The van der Waals surface area contributed by atoms with Gasteiger partial charge in [-0.2, -0.15) is 0 Å². The minimum Gasteiger partial charge on any atom is -0.508 e. The summed E-state index contributed by atoms with van der Waals surface area (Å²) in [5, 5.41) is 9.25. The molecule has 1 aromatic rings. The molecule has 0 heterocycles. The Kier molecular flexibility index (Phi) is 7.13. The highest BCUT2D eigenvalue weighted by molar-refractivity contribution is 5.78. The first-order chi connectivity index (χ1) is 9.54. The van der Waals surface area contributed by atoms with Crippen LogP contribution >= 0.6 is 0 Å². The molecule has 1 aromatic carbocycles. The van der Waals surface area contributed by atoms with Gasteiger partial charge in [-0.25, -0.2) is 0 Å². The van der Waals surface area contributed by atoms with Crippen molar-refractivity contribution in [1.82, 2.24) is 4.90 Å². The van der Waals surface area contributed by atoms with Crippen molar-refractivity contribution in [3.05, 3.63) is 29.8 Å². The van der Waals surface area contributed by atoms with E-state index < -0.39 is 0 Å². The molecule has 0 aromatic heterocycles. The molecule has 0 radical (unpaired) electrons. The van der Waals surface area contributed by atoms with E-state index in [-0.39, 0.29) is 17.6 Å². The summed E-state index contributed by atoms with van der Waals surface area (Å²) in [5.41, 5.74) is 1.09. The number of unbranched alkanes of at least 4 members (excludes halogenated alkanes) is 3. The zero-order chi connectivity index (χ0) is 15.0. The number of benzene rings is 1. The van der Waals surface area contributed by atoms with Gasteiger partial charge >= 0.3 is 0 Å². The minimum absolute atomic E-state index is 0.0179. The average molecular weight is 277 g/mol. The molecular weight excluding hydrogens is 250 g/mol. The second kappa shape index (κ2) is 8.62. The van der Waals surface area contributed by atoms with Crippen LogP contribution in [0.3, 0.4) is 0 Å². The van der Waals surface area contributed by atoms with E-state index in [4.69, 9.17) is 0 Å². The Balaban J connectivity index is 2.39. The van der Waals surface area contributed by atoms with E-state index in [2.05, 4.69) is 6.92 Å². The first kappa shape index (κ1) is 16.5. The highest BCUT2D eigenvalue weighted by Crippen LogP contribution is 2.15. The minimum atomic E-state index is -0.0179. The Morgan fingerprint density at radius 1 is 1.20 bits per heavy atom. The fourth-order valence-electron chi connectivity index (χ4n) is 2.34. The second-order valence-electron chi connectivity index (χ2n) is 5.59. The van der Waals surface area contributed by atoms with Crippen LogP contribution in [-0.4, -0.2) is 29.5 Å². The molecule has 112 valence electrons. The van der Waals surface area contributed by atoms with Crippen LogP contribution in [0.1, 0.15) is 45.1 Å². The topological polar surface area (TPSA) is 40.5 Å². The van der Waals surface area contributed by atoms with Gasteiger partial charge in [-0.3, -0.25) is 4.79 Å². The second-order valence-corrected chi connectivity index (χ2v) is 5.59. The van der Waals surface area contributed by atoms with Gasteiger partial charge in [0.25, 0.3) is 0 Å². The third-order valence-electron chi connectivity index (χ3n) is 3.62. The van der Waals surface area contributed by atoms with Crippen molar-refractivity contribution in [2.75, 3.05) is 13.6 Å². The van der Waals surface area contributed by atoms with Gasteiger partial charge in [0, 0.05) is 19.5 Å². The fourth-order valence-corrected chi connectivity index (χ4v) is 2.34. The summed E-state index contributed by atoms with van der Waals surface area (Å²) in [6, 6.07) is 7.09. The van der Waals surface area contributed by atoms with Crippen LogP contribution in [0.4, 0.5) is 0 Å². The number of phenols is 1. The summed E-state index contributed by atoms with van der Waals surface area (Å²) in [6.45, 7) is 5.01. The fraction of sp³-hybridized carbons (Fsp3) is 0.588. The standard InChI is InChI=1S/C17H27NO2/c1-4-5-6-7-12-18(3)17(20)14(2)13-15-8-10-16(19)11-9-15/h8-11,14,19H,4-7,12-13H2,1-3H3. The van der Waals surface area contributed by atoms with E-state index in [1.807, 2.05) is 31.0 Å². The largest absolute Gasteiger partial charge is 0.508 e. The van der Waals surface area contributed by atoms with E-state index in [0.29, 0.717) is 0 Å². The lowest BCUT2D eigenvalue weighted by Gasteiger charge is -2.21. The molecule has 1 amide bonds. The van der Waals surface area contributed by atoms with Crippen molar-refractivity contribution < 1.29 is 9.90 Å². The molecule has 1 atom stereocenters. The Hall–Kier alpha value is -1.51. The van der Waals surface area contributed by atoms with Crippen LogP contribution in [0.25, 0.3) is 0 Å². The number of hydrogen-bond acceptors (Lipinski definition) is 2. The zero-order valence-corrected chi connectivity index (χ0v) is 12.9. The predicted octanol–water partition coefficient (Wildman–Crippen LogP) is 3.61. The lowest BCUT2D eigenvalue weighted by atomic mass is 9.99.